The van der Waals surface area contributed by atoms with Gasteiger partial charge in [0.15, 0.2) is 0 Å². The first-order chi connectivity index (χ1) is 6.69. The maximum Gasteiger partial charge on any atom is 0.354 e. The second-order valence-corrected chi connectivity index (χ2v) is 3.87. The van der Waals surface area contributed by atoms with Crippen molar-refractivity contribution in [2.75, 3.05) is 6.61 Å². The molecule has 0 aliphatic rings. The number of hydrogen-bond acceptors (Lipinski definition) is 2. The van der Waals surface area contributed by atoms with E-state index in [4.69, 9.17) is 4.74 Å². The molecular formula is C10H14BrNO2. The Morgan fingerprint density at radius 3 is 2.86 bits per heavy atom. The van der Waals surface area contributed by atoms with Gasteiger partial charge >= 0.3 is 5.97 Å². The van der Waals surface area contributed by atoms with Gasteiger partial charge in [-0.05, 0) is 35.3 Å². The second kappa shape index (κ2) is 5.20. The van der Waals surface area contributed by atoms with E-state index in [0.717, 1.165) is 17.4 Å². The molecule has 1 aromatic heterocycles. The summed E-state index contributed by atoms with van der Waals surface area (Å²) in [6.07, 6.45) is 2.89. The molecule has 4 heteroatoms. The van der Waals surface area contributed by atoms with Gasteiger partial charge < -0.3 is 9.30 Å². The Labute approximate surface area is 92.2 Å². The SMILES string of the molecule is CCCn1cc(Br)cc1C(=O)OCC. The summed E-state index contributed by atoms with van der Waals surface area (Å²) in [5.74, 6) is -0.258. The molecule has 14 heavy (non-hydrogen) atoms. The number of ether oxygens (including phenoxy) is 1. The molecule has 1 aromatic rings. The highest BCUT2D eigenvalue weighted by molar-refractivity contribution is 9.10. The van der Waals surface area contributed by atoms with Crippen LogP contribution < -0.4 is 0 Å². The molecule has 0 unspecified atom stereocenters. The van der Waals surface area contributed by atoms with Gasteiger partial charge in [-0.2, -0.15) is 0 Å². The first-order valence-corrected chi connectivity index (χ1v) is 5.51. The van der Waals surface area contributed by atoms with Crippen LogP contribution in [0.25, 0.3) is 0 Å². The van der Waals surface area contributed by atoms with Crippen molar-refractivity contribution in [1.82, 2.24) is 4.57 Å². The number of hydrogen-bond donors (Lipinski definition) is 0. The van der Waals surface area contributed by atoms with Gasteiger partial charge in [0.1, 0.15) is 5.69 Å². The lowest BCUT2D eigenvalue weighted by Gasteiger charge is -2.06. The van der Waals surface area contributed by atoms with Gasteiger partial charge in [-0.3, -0.25) is 0 Å². The number of esters is 1. The summed E-state index contributed by atoms with van der Waals surface area (Å²) in [7, 11) is 0. The van der Waals surface area contributed by atoms with Crippen molar-refractivity contribution in [3.05, 3.63) is 22.4 Å². The highest BCUT2D eigenvalue weighted by Gasteiger charge is 2.12. The van der Waals surface area contributed by atoms with Crippen LogP contribution in [0.2, 0.25) is 0 Å². The topological polar surface area (TPSA) is 31.2 Å². The van der Waals surface area contributed by atoms with Crippen LogP contribution >= 0.6 is 15.9 Å². The van der Waals surface area contributed by atoms with E-state index in [1.165, 1.54) is 0 Å². The monoisotopic (exact) mass is 259 g/mol. The summed E-state index contributed by atoms with van der Waals surface area (Å²) in [5, 5.41) is 0. The minimum Gasteiger partial charge on any atom is -0.461 e. The average molecular weight is 260 g/mol. The average Bonchev–Trinajstić information content (AvgIpc) is 2.48. The maximum atomic E-state index is 11.5. The Morgan fingerprint density at radius 2 is 2.29 bits per heavy atom. The van der Waals surface area contributed by atoms with E-state index in [9.17, 15) is 4.79 Å². The summed E-state index contributed by atoms with van der Waals surface area (Å²) < 4.78 is 7.76. The van der Waals surface area contributed by atoms with E-state index in [-0.39, 0.29) is 5.97 Å². The molecule has 1 heterocycles. The van der Waals surface area contributed by atoms with Gasteiger partial charge in [-0.25, -0.2) is 4.79 Å². The molecular weight excluding hydrogens is 246 g/mol. The van der Waals surface area contributed by atoms with Crippen molar-refractivity contribution in [2.24, 2.45) is 0 Å². The van der Waals surface area contributed by atoms with Crippen LogP contribution in [-0.4, -0.2) is 17.1 Å². The Hall–Kier alpha value is -0.770. The van der Waals surface area contributed by atoms with Gasteiger partial charge in [-0.15, -0.1) is 0 Å². The normalized spacial score (nSPS) is 10.2. The summed E-state index contributed by atoms with van der Waals surface area (Å²) in [6.45, 7) is 5.12. The van der Waals surface area contributed by atoms with Gasteiger partial charge in [0.2, 0.25) is 0 Å². The van der Waals surface area contributed by atoms with E-state index >= 15 is 0 Å². The van der Waals surface area contributed by atoms with Crippen LogP contribution in [0.1, 0.15) is 30.8 Å². The molecule has 0 bridgehead atoms. The quantitative estimate of drug-likeness (QED) is 0.779. The number of nitrogens with zero attached hydrogens (tertiary/aromatic N) is 1. The standard InChI is InChI=1S/C10H14BrNO2/c1-3-5-12-7-8(11)6-9(12)10(13)14-4-2/h6-7H,3-5H2,1-2H3. The Bertz CT molecular complexity index is 320. The van der Waals surface area contributed by atoms with Crippen molar-refractivity contribution >= 4 is 21.9 Å². The number of rotatable bonds is 4. The van der Waals surface area contributed by atoms with Gasteiger partial charge in [0, 0.05) is 17.2 Å². The van der Waals surface area contributed by atoms with Crippen molar-refractivity contribution in [1.29, 1.82) is 0 Å². The molecule has 0 aromatic carbocycles. The molecule has 0 aliphatic heterocycles. The van der Waals surface area contributed by atoms with Gasteiger partial charge in [0.05, 0.1) is 6.61 Å². The molecule has 0 atom stereocenters. The number of carbonyl (C=O) groups excluding carboxylic acids is 1. The van der Waals surface area contributed by atoms with Gasteiger partial charge in [0.25, 0.3) is 0 Å². The highest BCUT2D eigenvalue weighted by atomic mass is 79.9. The minimum absolute atomic E-state index is 0.258. The Balaban J connectivity index is 2.88. The molecule has 3 nitrogen and oxygen atoms in total. The molecule has 78 valence electrons. The summed E-state index contributed by atoms with van der Waals surface area (Å²) in [6, 6.07) is 1.79. The van der Waals surface area contributed by atoms with Crippen molar-refractivity contribution in [2.45, 2.75) is 26.8 Å². The molecule has 0 aliphatic carbocycles. The summed E-state index contributed by atoms with van der Waals surface area (Å²) in [4.78, 5) is 11.5. The predicted octanol–water partition coefficient (Wildman–Crippen LogP) is 2.84. The number of aromatic nitrogens is 1. The van der Waals surface area contributed by atoms with Crippen LogP contribution in [0.15, 0.2) is 16.7 Å². The fourth-order valence-corrected chi connectivity index (χ4v) is 1.74. The molecule has 0 fully saturated rings. The smallest absolute Gasteiger partial charge is 0.354 e. The third-order valence-electron chi connectivity index (χ3n) is 1.81. The van der Waals surface area contributed by atoms with Crippen molar-refractivity contribution < 1.29 is 9.53 Å². The van der Waals surface area contributed by atoms with E-state index in [1.807, 2.05) is 10.8 Å². The fourth-order valence-electron chi connectivity index (χ4n) is 1.28. The van der Waals surface area contributed by atoms with Crippen molar-refractivity contribution in [3.8, 4) is 0 Å². The van der Waals surface area contributed by atoms with Gasteiger partial charge in [-0.1, -0.05) is 6.92 Å². The first kappa shape index (κ1) is 11.3. The van der Waals surface area contributed by atoms with Crippen LogP contribution in [0.3, 0.4) is 0 Å². The maximum absolute atomic E-state index is 11.5. The van der Waals surface area contributed by atoms with Crippen LogP contribution in [0.4, 0.5) is 0 Å². The molecule has 0 spiro atoms. The van der Waals surface area contributed by atoms with E-state index in [1.54, 1.807) is 13.0 Å². The number of carbonyl (C=O) groups is 1. The third kappa shape index (κ3) is 2.61. The van der Waals surface area contributed by atoms with E-state index in [0.29, 0.717) is 12.3 Å². The number of halogens is 1. The first-order valence-electron chi connectivity index (χ1n) is 4.71. The molecule has 0 saturated heterocycles. The largest absolute Gasteiger partial charge is 0.461 e. The zero-order valence-corrected chi connectivity index (χ0v) is 10.0. The Kier molecular flexibility index (Phi) is 4.20. The number of aryl methyl sites for hydroxylation is 1. The minimum atomic E-state index is -0.258. The third-order valence-corrected chi connectivity index (χ3v) is 2.25. The molecule has 0 amide bonds. The predicted molar refractivity (Wildman–Crippen MR) is 58.4 cm³/mol. The molecule has 0 radical (unpaired) electrons. The fraction of sp³-hybridized carbons (Fsp3) is 0.500. The zero-order valence-electron chi connectivity index (χ0n) is 8.42. The lowest BCUT2D eigenvalue weighted by atomic mass is 10.4. The van der Waals surface area contributed by atoms with E-state index in [2.05, 4.69) is 22.9 Å². The van der Waals surface area contributed by atoms with E-state index < -0.39 is 0 Å². The highest BCUT2D eigenvalue weighted by Crippen LogP contribution is 2.16. The molecule has 1 rings (SSSR count). The lowest BCUT2D eigenvalue weighted by Crippen LogP contribution is -2.11. The van der Waals surface area contributed by atoms with Crippen molar-refractivity contribution in [3.63, 3.8) is 0 Å². The summed E-state index contributed by atoms with van der Waals surface area (Å²) in [5.41, 5.74) is 0.612. The lowest BCUT2D eigenvalue weighted by molar-refractivity contribution is 0.0513. The van der Waals surface area contributed by atoms with Crippen LogP contribution in [-0.2, 0) is 11.3 Å². The zero-order chi connectivity index (χ0) is 10.6. The van der Waals surface area contributed by atoms with Crippen LogP contribution in [0, 0.1) is 0 Å². The Morgan fingerprint density at radius 1 is 1.57 bits per heavy atom. The summed E-state index contributed by atoms with van der Waals surface area (Å²) >= 11 is 3.34. The second-order valence-electron chi connectivity index (χ2n) is 2.96. The molecule has 0 saturated carbocycles. The molecule has 0 N–H and O–H groups in total. The van der Waals surface area contributed by atoms with Crippen LogP contribution in [0.5, 0.6) is 0 Å².